The summed E-state index contributed by atoms with van der Waals surface area (Å²) in [4.78, 5) is 18.3. The third-order valence-corrected chi connectivity index (χ3v) is 13.1. The molecule has 300 valence electrons. The lowest BCUT2D eigenvalue weighted by molar-refractivity contribution is 0.0593. The van der Waals surface area contributed by atoms with Crippen molar-refractivity contribution in [2.75, 3.05) is 71.4 Å². The van der Waals surface area contributed by atoms with E-state index in [1.54, 1.807) is 0 Å². The van der Waals surface area contributed by atoms with Crippen molar-refractivity contribution in [2.45, 2.75) is 63.7 Å². The van der Waals surface area contributed by atoms with Crippen molar-refractivity contribution < 1.29 is 4.42 Å². The summed E-state index contributed by atoms with van der Waals surface area (Å²) in [6.07, 6.45) is 6.81. The molecular formula is C49H61ClN6O. The van der Waals surface area contributed by atoms with E-state index in [4.69, 9.17) is 21.0 Å². The topological polar surface area (TPSA) is 42.2 Å². The highest BCUT2D eigenvalue weighted by Crippen LogP contribution is 2.43. The maximum atomic E-state index is 7.14. The molecule has 57 heavy (non-hydrogen) atoms. The zero-order valence-corrected chi connectivity index (χ0v) is 34.8. The molecular weight excluding hydrogens is 724 g/mol. The molecule has 1 saturated carbocycles. The second-order valence-electron chi connectivity index (χ2n) is 17.0. The zero-order chi connectivity index (χ0) is 39.0. The molecule has 0 radical (unpaired) electrons. The molecule has 8 rings (SSSR count). The van der Waals surface area contributed by atoms with Crippen molar-refractivity contribution in [3.63, 3.8) is 0 Å². The van der Waals surface area contributed by atoms with Crippen LogP contribution in [-0.2, 0) is 19.5 Å². The van der Waals surface area contributed by atoms with Gasteiger partial charge in [-0.1, -0.05) is 128 Å². The fourth-order valence-corrected chi connectivity index (χ4v) is 9.92. The van der Waals surface area contributed by atoms with Gasteiger partial charge in [-0.3, -0.25) is 14.7 Å². The average molecular weight is 786 g/mol. The molecule has 2 unspecified atom stereocenters. The van der Waals surface area contributed by atoms with Crippen molar-refractivity contribution in [3.8, 4) is 0 Å². The number of hydrogen-bond donors (Lipinski definition) is 0. The number of halogens is 1. The summed E-state index contributed by atoms with van der Waals surface area (Å²) < 4.78 is 7.14. The lowest BCUT2D eigenvalue weighted by Crippen LogP contribution is -2.47. The molecule has 1 aliphatic carbocycles. The summed E-state index contributed by atoms with van der Waals surface area (Å²) in [6, 6.07) is 41.7. The highest BCUT2D eigenvalue weighted by atomic mass is 35.5. The van der Waals surface area contributed by atoms with Crippen molar-refractivity contribution in [3.05, 3.63) is 154 Å². The van der Waals surface area contributed by atoms with E-state index >= 15 is 0 Å². The molecule has 4 aromatic carbocycles. The van der Waals surface area contributed by atoms with E-state index in [-0.39, 0.29) is 6.04 Å². The summed E-state index contributed by atoms with van der Waals surface area (Å²) in [7, 11) is 4.46. The van der Waals surface area contributed by atoms with Crippen LogP contribution in [0.3, 0.4) is 0 Å². The molecule has 5 aromatic rings. The number of rotatable bonds is 14. The second-order valence-corrected chi connectivity index (χ2v) is 17.4. The van der Waals surface area contributed by atoms with Crippen molar-refractivity contribution in [1.82, 2.24) is 24.6 Å². The summed E-state index contributed by atoms with van der Waals surface area (Å²) in [5.41, 5.74) is 6.50. The Morgan fingerprint density at radius 1 is 0.649 bits per heavy atom. The van der Waals surface area contributed by atoms with Gasteiger partial charge in [-0.05, 0) is 79.6 Å². The lowest BCUT2D eigenvalue weighted by Gasteiger charge is -2.41. The van der Waals surface area contributed by atoms with Crippen LogP contribution in [0.15, 0.2) is 120 Å². The normalized spacial score (nSPS) is 21.2. The predicted molar refractivity (Wildman–Crippen MR) is 234 cm³/mol. The minimum atomic E-state index is 0.161. The number of aromatic nitrogens is 1. The highest BCUT2D eigenvalue weighted by Gasteiger charge is 2.36. The van der Waals surface area contributed by atoms with Gasteiger partial charge >= 0.3 is 0 Å². The SMILES string of the molecule is CN(C)C(c1ccc(Cl)cc1)C1CCC(CC(c2nc(Cc3ccccc3)c(N3CCN(Cc4ccccc4)CC3)o2)N2CCN(Cc3ccccc3)CC2)CC1. The Kier molecular flexibility index (Phi) is 13.4. The Balaban J connectivity index is 1.02. The summed E-state index contributed by atoms with van der Waals surface area (Å²) in [6.45, 7) is 10.0. The summed E-state index contributed by atoms with van der Waals surface area (Å²) >= 11 is 6.30. The Morgan fingerprint density at radius 2 is 1.18 bits per heavy atom. The van der Waals surface area contributed by atoms with Crippen molar-refractivity contribution in [2.24, 2.45) is 11.8 Å². The number of hydrogen-bond acceptors (Lipinski definition) is 7. The fourth-order valence-electron chi connectivity index (χ4n) is 9.79. The van der Waals surface area contributed by atoms with Crippen LogP contribution < -0.4 is 4.90 Å². The number of oxazole rings is 1. The van der Waals surface area contributed by atoms with Gasteiger partial charge in [0.2, 0.25) is 11.8 Å². The first-order chi connectivity index (χ1) is 27.9. The van der Waals surface area contributed by atoms with Crippen LogP contribution in [0.25, 0.3) is 0 Å². The number of piperazine rings is 2. The van der Waals surface area contributed by atoms with Crippen LogP contribution in [0.4, 0.5) is 5.88 Å². The van der Waals surface area contributed by atoms with Gasteiger partial charge in [0.15, 0.2) is 0 Å². The van der Waals surface area contributed by atoms with Gasteiger partial charge in [0.25, 0.3) is 0 Å². The molecule has 0 bridgehead atoms. The van der Waals surface area contributed by atoms with Crippen LogP contribution in [0.5, 0.6) is 0 Å². The van der Waals surface area contributed by atoms with Gasteiger partial charge in [-0.15, -0.1) is 0 Å². The van der Waals surface area contributed by atoms with E-state index in [1.165, 1.54) is 47.9 Å². The van der Waals surface area contributed by atoms with Gasteiger partial charge in [-0.2, -0.15) is 0 Å². The Morgan fingerprint density at radius 3 is 1.72 bits per heavy atom. The van der Waals surface area contributed by atoms with E-state index < -0.39 is 0 Å². The molecule has 3 heterocycles. The van der Waals surface area contributed by atoms with E-state index in [0.29, 0.717) is 17.9 Å². The summed E-state index contributed by atoms with van der Waals surface area (Å²) in [5.74, 6) is 3.18. The molecule has 1 aromatic heterocycles. The third-order valence-electron chi connectivity index (χ3n) is 12.9. The first-order valence-corrected chi connectivity index (χ1v) is 21.8. The zero-order valence-electron chi connectivity index (χ0n) is 34.1. The molecule has 8 heteroatoms. The quantitative estimate of drug-likeness (QED) is 0.111. The molecule has 7 nitrogen and oxygen atoms in total. The standard InChI is InChI=1S/C49H61ClN6O/c1-52(2)47(43-22-24-44(50)25-23-43)42-20-18-39(19-21-42)35-46(55-30-26-53(27-31-55)36-40-14-8-4-9-15-40)48-51-45(34-38-12-6-3-7-13-38)49(57-48)56-32-28-54(29-33-56)37-41-16-10-5-11-17-41/h3-17,22-25,39,42,46-47H,18-21,26-37H2,1-2H3. The van der Waals surface area contributed by atoms with Gasteiger partial charge < -0.3 is 14.2 Å². The lowest BCUT2D eigenvalue weighted by atomic mass is 9.74. The van der Waals surface area contributed by atoms with Crippen LogP contribution in [0.1, 0.15) is 78.0 Å². The Hall–Kier alpha value is -3.98. The van der Waals surface area contributed by atoms with E-state index in [2.05, 4.69) is 142 Å². The Bertz CT molecular complexity index is 1930. The second kappa shape index (κ2) is 19.2. The van der Waals surface area contributed by atoms with E-state index in [1.807, 2.05) is 12.1 Å². The Labute approximate surface area is 346 Å². The molecule has 2 aliphatic heterocycles. The molecule has 0 spiro atoms. The molecule has 0 N–H and O–H groups in total. The maximum Gasteiger partial charge on any atom is 0.220 e. The van der Waals surface area contributed by atoms with Crippen LogP contribution in [0.2, 0.25) is 5.02 Å². The molecule has 2 saturated heterocycles. The molecule has 0 amide bonds. The highest BCUT2D eigenvalue weighted by molar-refractivity contribution is 6.30. The first kappa shape index (κ1) is 39.8. The van der Waals surface area contributed by atoms with Crippen molar-refractivity contribution >= 4 is 17.5 Å². The summed E-state index contributed by atoms with van der Waals surface area (Å²) in [5, 5.41) is 0.804. The van der Waals surface area contributed by atoms with E-state index in [0.717, 1.165) is 101 Å². The third kappa shape index (κ3) is 10.4. The predicted octanol–water partition coefficient (Wildman–Crippen LogP) is 9.60. The van der Waals surface area contributed by atoms with Gasteiger partial charge in [0, 0.05) is 82.9 Å². The molecule has 2 atom stereocenters. The monoisotopic (exact) mass is 784 g/mol. The van der Waals surface area contributed by atoms with Crippen molar-refractivity contribution in [1.29, 1.82) is 0 Å². The first-order valence-electron chi connectivity index (χ1n) is 21.4. The van der Waals surface area contributed by atoms with E-state index in [9.17, 15) is 0 Å². The minimum Gasteiger partial charge on any atom is -0.423 e. The smallest absolute Gasteiger partial charge is 0.220 e. The minimum absolute atomic E-state index is 0.161. The van der Waals surface area contributed by atoms with Gasteiger partial charge in [0.05, 0.1) is 6.04 Å². The molecule has 3 aliphatic rings. The maximum absolute atomic E-state index is 7.14. The number of anilines is 1. The van der Waals surface area contributed by atoms with Crippen LogP contribution in [-0.4, -0.2) is 91.0 Å². The van der Waals surface area contributed by atoms with Crippen LogP contribution in [0, 0.1) is 11.8 Å². The molecule has 3 fully saturated rings. The number of benzene rings is 4. The largest absolute Gasteiger partial charge is 0.423 e. The number of nitrogens with zero attached hydrogens (tertiary/aromatic N) is 6. The average Bonchev–Trinajstić information content (AvgIpc) is 3.66. The van der Waals surface area contributed by atoms with Gasteiger partial charge in [-0.25, -0.2) is 4.98 Å². The van der Waals surface area contributed by atoms with Gasteiger partial charge in [0.1, 0.15) is 5.69 Å². The fraction of sp³-hybridized carbons (Fsp3) is 0.449. The van der Waals surface area contributed by atoms with Crippen LogP contribution >= 0.6 is 11.6 Å².